The predicted molar refractivity (Wildman–Crippen MR) is 102 cm³/mol. The molecule has 0 saturated carbocycles. The van der Waals surface area contributed by atoms with Crippen molar-refractivity contribution in [2.45, 2.75) is 24.4 Å². The summed E-state index contributed by atoms with van der Waals surface area (Å²) in [6, 6.07) is 13.3. The summed E-state index contributed by atoms with van der Waals surface area (Å²) in [5.74, 6) is -0.178. The Labute approximate surface area is 156 Å². The van der Waals surface area contributed by atoms with E-state index in [1.165, 1.54) is 24.3 Å². The van der Waals surface area contributed by atoms with E-state index in [1.54, 1.807) is 0 Å². The second kappa shape index (κ2) is 8.09. The number of nitrogens with two attached hydrogens (primary N) is 1. The molecule has 0 aliphatic carbocycles. The zero-order valence-corrected chi connectivity index (χ0v) is 16.3. The van der Waals surface area contributed by atoms with Crippen LogP contribution in [0.5, 0.6) is 0 Å². The van der Waals surface area contributed by atoms with Gasteiger partial charge in [-0.15, -0.1) is 0 Å². The minimum Gasteiger partial charge on any atom is -0.325 e. The Balaban J connectivity index is 1.98. The summed E-state index contributed by atoms with van der Waals surface area (Å²) >= 11 is 3.39. The Bertz CT molecular complexity index is 836. The maximum absolute atomic E-state index is 12.4. The number of halogens is 1. The number of hydrogen-bond acceptors (Lipinski definition) is 4. The molecule has 134 valence electrons. The Kier molecular flexibility index (Phi) is 6.34. The number of carbonyl (C=O) groups excluding carboxylic acids is 1. The number of anilines is 1. The minimum atomic E-state index is -3.74. The molecule has 1 atom stereocenters. The van der Waals surface area contributed by atoms with Crippen LogP contribution in [0.1, 0.15) is 12.5 Å². The molecule has 0 bridgehead atoms. The Hall–Kier alpha value is -1.74. The monoisotopic (exact) mass is 425 g/mol. The van der Waals surface area contributed by atoms with Crippen molar-refractivity contribution < 1.29 is 13.2 Å². The van der Waals surface area contributed by atoms with Crippen LogP contribution in [0.3, 0.4) is 0 Å². The zero-order valence-electron chi connectivity index (χ0n) is 13.9. The fraction of sp³-hybridized carbons (Fsp3) is 0.235. The third kappa shape index (κ3) is 5.64. The van der Waals surface area contributed by atoms with E-state index in [2.05, 4.69) is 21.2 Å². The second-order valence-electron chi connectivity index (χ2n) is 5.78. The lowest BCUT2D eigenvalue weighted by atomic mass is 10.2. The summed E-state index contributed by atoms with van der Waals surface area (Å²) in [6.45, 7) is 2.44. The van der Waals surface area contributed by atoms with Crippen LogP contribution in [-0.4, -0.2) is 32.3 Å². The van der Waals surface area contributed by atoms with E-state index in [-0.39, 0.29) is 16.8 Å². The normalized spacial score (nSPS) is 12.8. The number of rotatable bonds is 6. The number of primary sulfonamides is 1. The van der Waals surface area contributed by atoms with Crippen LogP contribution in [0, 0.1) is 0 Å². The molecule has 0 saturated heterocycles. The highest BCUT2D eigenvalue weighted by molar-refractivity contribution is 9.10. The van der Waals surface area contributed by atoms with Gasteiger partial charge in [0, 0.05) is 16.7 Å². The molecule has 0 aliphatic rings. The Morgan fingerprint density at radius 2 is 1.72 bits per heavy atom. The first kappa shape index (κ1) is 19.6. The molecule has 0 aromatic heterocycles. The van der Waals surface area contributed by atoms with Gasteiger partial charge in [-0.3, -0.25) is 9.69 Å². The van der Waals surface area contributed by atoms with Crippen LogP contribution in [-0.2, 0) is 21.4 Å². The first-order chi connectivity index (χ1) is 11.7. The van der Waals surface area contributed by atoms with E-state index in [0.29, 0.717) is 12.2 Å². The minimum absolute atomic E-state index is 0.00547. The number of amides is 1. The summed E-state index contributed by atoms with van der Waals surface area (Å²) < 4.78 is 23.5. The van der Waals surface area contributed by atoms with Crippen molar-refractivity contribution in [1.82, 2.24) is 4.90 Å². The van der Waals surface area contributed by atoms with Crippen LogP contribution in [0.2, 0.25) is 0 Å². The highest BCUT2D eigenvalue weighted by Gasteiger charge is 2.18. The third-order valence-corrected chi connectivity index (χ3v) is 5.29. The molecule has 3 N–H and O–H groups in total. The van der Waals surface area contributed by atoms with Gasteiger partial charge in [0.05, 0.1) is 10.9 Å². The molecule has 0 fully saturated rings. The summed E-state index contributed by atoms with van der Waals surface area (Å²) in [7, 11) is -1.87. The molecule has 1 amide bonds. The molecule has 0 radical (unpaired) electrons. The molecule has 0 aliphatic heterocycles. The highest BCUT2D eigenvalue weighted by atomic mass is 79.9. The number of likely N-dealkylation sites (N-methyl/N-ethyl adjacent to an activating group) is 1. The van der Waals surface area contributed by atoms with Crippen LogP contribution < -0.4 is 10.5 Å². The average Bonchev–Trinajstić information content (AvgIpc) is 2.55. The Morgan fingerprint density at radius 1 is 1.16 bits per heavy atom. The van der Waals surface area contributed by atoms with E-state index in [0.717, 1.165) is 10.0 Å². The van der Waals surface area contributed by atoms with Gasteiger partial charge in [0.25, 0.3) is 0 Å². The summed E-state index contributed by atoms with van der Waals surface area (Å²) in [5.41, 5.74) is 1.61. The van der Waals surface area contributed by atoms with Gasteiger partial charge in [-0.05, 0) is 55.9 Å². The van der Waals surface area contributed by atoms with Crippen molar-refractivity contribution in [2.24, 2.45) is 5.14 Å². The molecule has 0 unspecified atom stereocenters. The molecule has 0 spiro atoms. The van der Waals surface area contributed by atoms with E-state index in [9.17, 15) is 13.2 Å². The van der Waals surface area contributed by atoms with Crippen LogP contribution in [0.25, 0.3) is 0 Å². The van der Waals surface area contributed by atoms with Gasteiger partial charge in [0.2, 0.25) is 15.9 Å². The molecule has 8 heteroatoms. The van der Waals surface area contributed by atoms with E-state index in [1.807, 2.05) is 43.1 Å². The summed E-state index contributed by atoms with van der Waals surface area (Å²) in [5, 5.41) is 7.83. The maximum atomic E-state index is 12.4. The Morgan fingerprint density at radius 3 is 2.24 bits per heavy atom. The first-order valence-corrected chi connectivity index (χ1v) is 9.89. The predicted octanol–water partition coefficient (Wildman–Crippen LogP) is 2.56. The smallest absolute Gasteiger partial charge is 0.241 e. The van der Waals surface area contributed by atoms with Crippen molar-refractivity contribution in [2.75, 3.05) is 12.4 Å². The van der Waals surface area contributed by atoms with Crippen LogP contribution in [0.4, 0.5) is 5.69 Å². The molecule has 2 rings (SSSR count). The quantitative estimate of drug-likeness (QED) is 0.743. The number of nitrogens with zero attached hydrogens (tertiary/aromatic N) is 1. The van der Waals surface area contributed by atoms with Crippen molar-refractivity contribution in [3.63, 3.8) is 0 Å². The van der Waals surface area contributed by atoms with Crippen LogP contribution >= 0.6 is 15.9 Å². The largest absolute Gasteiger partial charge is 0.325 e. The van der Waals surface area contributed by atoms with Gasteiger partial charge < -0.3 is 5.32 Å². The third-order valence-electron chi connectivity index (χ3n) is 3.84. The molecule has 6 nitrogen and oxygen atoms in total. The van der Waals surface area contributed by atoms with Gasteiger partial charge in [-0.25, -0.2) is 13.6 Å². The molecular formula is C17H20BrN3O3S. The number of carbonyl (C=O) groups is 1. The molecule has 2 aromatic rings. The zero-order chi connectivity index (χ0) is 18.6. The van der Waals surface area contributed by atoms with Crippen LogP contribution in [0.15, 0.2) is 57.9 Å². The summed E-state index contributed by atoms with van der Waals surface area (Å²) in [6.07, 6.45) is 0. The second-order valence-corrected chi connectivity index (χ2v) is 8.25. The number of sulfonamides is 1. The fourth-order valence-corrected chi connectivity index (χ4v) is 2.97. The molecule has 2 aromatic carbocycles. The van der Waals surface area contributed by atoms with E-state index < -0.39 is 10.0 Å². The average molecular weight is 426 g/mol. The van der Waals surface area contributed by atoms with Gasteiger partial charge in [0.1, 0.15) is 0 Å². The summed E-state index contributed by atoms with van der Waals surface area (Å²) in [4.78, 5) is 14.3. The number of hydrogen-bond donors (Lipinski definition) is 2. The number of benzene rings is 2. The lowest BCUT2D eigenvalue weighted by Crippen LogP contribution is -2.39. The van der Waals surface area contributed by atoms with Gasteiger partial charge >= 0.3 is 0 Å². The molecule has 0 heterocycles. The highest BCUT2D eigenvalue weighted by Crippen LogP contribution is 2.15. The maximum Gasteiger partial charge on any atom is 0.241 e. The van der Waals surface area contributed by atoms with E-state index >= 15 is 0 Å². The van der Waals surface area contributed by atoms with Gasteiger partial charge in [-0.1, -0.05) is 28.1 Å². The van der Waals surface area contributed by atoms with Crippen molar-refractivity contribution in [3.8, 4) is 0 Å². The number of nitrogens with one attached hydrogen (secondary N) is 1. The van der Waals surface area contributed by atoms with Crippen molar-refractivity contribution in [1.29, 1.82) is 0 Å². The molecule has 25 heavy (non-hydrogen) atoms. The lowest BCUT2D eigenvalue weighted by Gasteiger charge is -2.24. The van der Waals surface area contributed by atoms with E-state index in [4.69, 9.17) is 5.14 Å². The lowest BCUT2D eigenvalue weighted by molar-refractivity contribution is -0.120. The SMILES string of the molecule is C[C@@H](C(=O)Nc1ccc(S(N)(=O)=O)cc1)N(C)Cc1ccc(Br)cc1. The van der Waals surface area contributed by atoms with Crippen molar-refractivity contribution in [3.05, 3.63) is 58.6 Å². The van der Waals surface area contributed by atoms with Gasteiger partial charge in [-0.2, -0.15) is 0 Å². The van der Waals surface area contributed by atoms with Gasteiger partial charge in [0.15, 0.2) is 0 Å². The van der Waals surface area contributed by atoms with Crippen molar-refractivity contribution >= 4 is 37.5 Å². The molecular weight excluding hydrogens is 406 g/mol. The standard InChI is InChI=1S/C17H20BrN3O3S/c1-12(21(2)11-13-3-5-14(18)6-4-13)17(22)20-15-7-9-16(10-8-15)25(19,23)24/h3-10,12H,11H2,1-2H3,(H,20,22)(H2,19,23,24)/t12-/m0/s1. The first-order valence-electron chi connectivity index (χ1n) is 7.55. The fourth-order valence-electron chi connectivity index (χ4n) is 2.19. The topological polar surface area (TPSA) is 92.5 Å².